The molecule has 0 bridgehead atoms. The molecule has 1 aliphatic heterocycles. The second-order valence-corrected chi connectivity index (χ2v) is 6.68. The smallest absolute Gasteiger partial charge is 0.225 e. The lowest BCUT2D eigenvalue weighted by molar-refractivity contribution is 0.404. The predicted octanol–water partition coefficient (Wildman–Crippen LogP) is 3.63. The largest absolute Gasteiger partial charge is 0.341 e. The van der Waals surface area contributed by atoms with E-state index in [9.17, 15) is 0 Å². The van der Waals surface area contributed by atoms with Gasteiger partial charge in [-0.25, -0.2) is 9.97 Å². The molecule has 0 amide bonds. The van der Waals surface area contributed by atoms with Crippen LogP contribution in [0.4, 0.5) is 5.95 Å². The number of anilines is 1. The lowest BCUT2D eigenvalue weighted by Gasteiger charge is -2.33. The van der Waals surface area contributed by atoms with Crippen LogP contribution < -0.4 is 4.90 Å². The molecule has 19 heavy (non-hydrogen) atoms. The first-order valence-corrected chi connectivity index (χ1v) is 7.76. The number of nitrogens with zero attached hydrogens (tertiary/aromatic N) is 3. The van der Waals surface area contributed by atoms with Crippen LogP contribution in [0.1, 0.15) is 19.8 Å². The second-order valence-electron chi connectivity index (χ2n) is 5.23. The van der Waals surface area contributed by atoms with E-state index in [1.807, 2.05) is 24.4 Å². The molecule has 0 radical (unpaired) electrons. The number of alkyl halides is 1. The van der Waals surface area contributed by atoms with Crippen LogP contribution in [-0.4, -0.2) is 27.9 Å². The Bertz CT molecular complexity index is 562. The van der Waals surface area contributed by atoms with E-state index < -0.39 is 0 Å². The van der Waals surface area contributed by atoms with E-state index in [0.29, 0.717) is 4.83 Å². The highest BCUT2D eigenvalue weighted by molar-refractivity contribution is 9.09. The normalized spacial score (nSPS) is 18.7. The van der Waals surface area contributed by atoms with Crippen LogP contribution in [0.2, 0.25) is 0 Å². The van der Waals surface area contributed by atoms with Crippen LogP contribution in [-0.2, 0) is 0 Å². The van der Waals surface area contributed by atoms with Crippen molar-refractivity contribution in [3.05, 3.63) is 30.5 Å². The maximum Gasteiger partial charge on any atom is 0.225 e. The maximum absolute atomic E-state index is 4.67. The first-order chi connectivity index (χ1) is 9.24. The SMILES string of the molecule is CC(Br)C1CCN(c2ncc3ccccc3n2)CC1. The van der Waals surface area contributed by atoms with Crippen molar-refractivity contribution in [2.45, 2.75) is 24.6 Å². The fourth-order valence-corrected chi connectivity index (χ4v) is 3.20. The molecule has 1 aromatic heterocycles. The van der Waals surface area contributed by atoms with Gasteiger partial charge in [-0.2, -0.15) is 0 Å². The van der Waals surface area contributed by atoms with Crippen LogP contribution in [0.5, 0.6) is 0 Å². The Morgan fingerprint density at radius 2 is 2.00 bits per heavy atom. The van der Waals surface area contributed by atoms with Gasteiger partial charge in [-0.05, 0) is 24.8 Å². The molecule has 2 aromatic rings. The number of hydrogen-bond donors (Lipinski definition) is 0. The van der Waals surface area contributed by atoms with Crippen molar-refractivity contribution in [2.24, 2.45) is 5.92 Å². The van der Waals surface area contributed by atoms with Gasteiger partial charge in [0.05, 0.1) is 5.52 Å². The van der Waals surface area contributed by atoms with Gasteiger partial charge in [-0.1, -0.05) is 41.1 Å². The molecular formula is C15H18BrN3. The number of para-hydroxylation sites is 1. The van der Waals surface area contributed by atoms with E-state index in [0.717, 1.165) is 35.9 Å². The summed E-state index contributed by atoms with van der Waals surface area (Å²) in [6.07, 6.45) is 4.35. The highest BCUT2D eigenvalue weighted by atomic mass is 79.9. The van der Waals surface area contributed by atoms with Gasteiger partial charge in [0, 0.05) is 29.5 Å². The molecule has 100 valence electrons. The summed E-state index contributed by atoms with van der Waals surface area (Å²) in [6.45, 7) is 4.35. The lowest BCUT2D eigenvalue weighted by Crippen LogP contribution is -2.36. The predicted molar refractivity (Wildman–Crippen MR) is 82.9 cm³/mol. The molecule has 0 saturated carbocycles. The standard InChI is InChI=1S/C15H18BrN3/c1-11(16)12-6-8-19(9-7-12)15-17-10-13-4-2-3-5-14(13)18-15/h2-5,10-12H,6-9H2,1H3. The summed E-state index contributed by atoms with van der Waals surface area (Å²) in [5.74, 6) is 1.65. The van der Waals surface area contributed by atoms with Crippen molar-refractivity contribution >= 4 is 32.8 Å². The van der Waals surface area contributed by atoms with E-state index in [2.05, 4.69) is 43.8 Å². The summed E-state index contributed by atoms with van der Waals surface area (Å²) in [4.78, 5) is 12.1. The number of fused-ring (bicyclic) bond motifs is 1. The molecule has 0 N–H and O–H groups in total. The van der Waals surface area contributed by atoms with Crippen molar-refractivity contribution in [2.75, 3.05) is 18.0 Å². The fraction of sp³-hybridized carbons (Fsp3) is 0.467. The molecule has 1 atom stereocenters. The van der Waals surface area contributed by atoms with Gasteiger partial charge in [-0.15, -0.1) is 0 Å². The zero-order valence-corrected chi connectivity index (χ0v) is 12.7. The van der Waals surface area contributed by atoms with Gasteiger partial charge < -0.3 is 4.90 Å². The highest BCUT2D eigenvalue weighted by Crippen LogP contribution is 2.27. The van der Waals surface area contributed by atoms with Crippen LogP contribution in [0.25, 0.3) is 10.9 Å². The van der Waals surface area contributed by atoms with Crippen molar-refractivity contribution in [1.29, 1.82) is 0 Å². The number of aromatic nitrogens is 2. The molecule has 3 nitrogen and oxygen atoms in total. The summed E-state index contributed by atoms with van der Waals surface area (Å²) in [5, 5.41) is 1.11. The van der Waals surface area contributed by atoms with Crippen molar-refractivity contribution in [1.82, 2.24) is 9.97 Å². The monoisotopic (exact) mass is 319 g/mol. The zero-order chi connectivity index (χ0) is 13.2. The Hall–Kier alpha value is -1.16. The minimum absolute atomic E-state index is 0.604. The first kappa shape index (κ1) is 12.9. The number of halogens is 1. The van der Waals surface area contributed by atoms with Crippen LogP contribution >= 0.6 is 15.9 Å². The summed E-state index contributed by atoms with van der Waals surface area (Å²) >= 11 is 3.69. The number of piperidine rings is 1. The molecular weight excluding hydrogens is 302 g/mol. The van der Waals surface area contributed by atoms with Crippen molar-refractivity contribution in [3.63, 3.8) is 0 Å². The van der Waals surface area contributed by atoms with Gasteiger partial charge in [0.2, 0.25) is 5.95 Å². The number of hydrogen-bond acceptors (Lipinski definition) is 3. The number of benzene rings is 1. The molecule has 1 fully saturated rings. The third-order valence-corrected chi connectivity index (χ3v) is 4.70. The summed E-state index contributed by atoms with van der Waals surface area (Å²) in [7, 11) is 0. The fourth-order valence-electron chi connectivity index (χ4n) is 2.67. The zero-order valence-electron chi connectivity index (χ0n) is 11.1. The van der Waals surface area contributed by atoms with E-state index in [1.54, 1.807) is 0 Å². The van der Waals surface area contributed by atoms with Gasteiger partial charge in [0.25, 0.3) is 0 Å². The van der Waals surface area contributed by atoms with E-state index >= 15 is 0 Å². The van der Waals surface area contributed by atoms with Crippen LogP contribution in [0, 0.1) is 5.92 Å². The van der Waals surface area contributed by atoms with E-state index in [4.69, 9.17) is 0 Å². The summed E-state index contributed by atoms with van der Waals surface area (Å²) in [5.41, 5.74) is 1.03. The third-order valence-electron chi connectivity index (χ3n) is 3.95. The average Bonchev–Trinajstić information content (AvgIpc) is 2.47. The lowest BCUT2D eigenvalue weighted by atomic mass is 9.94. The third kappa shape index (κ3) is 2.73. The van der Waals surface area contributed by atoms with Gasteiger partial charge in [0.15, 0.2) is 0 Å². The van der Waals surface area contributed by atoms with Gasteiger partial charge in [0.1, 0.15) is 0 Å². The van der Waals surface area contributed by atoms with Crippen molar-refractivity contribution in [3.8, 4) is 0 Å². The molecule has 3 rings (SSSR count). The van der Waals surface area contributed by atoms with Crippen molar-refractivity contribution < 1.29 is 0 Å². The number of rotatable bonds is 2. The van der Waals surface area contributed by atoms with E-state index in [-0.39, 0.29) is 0 Å². The molecule has 0 spiro atoms. The molecule has 1 unspecified atom stereocenters. The molecule has 1 aromatic carbocycles. The first-order valence-electron chi connectivity index (χ1n) is 6.85. The molecule has 4 heteroatoms. The Morgan fingerprint density at radius 3 is 2.74 bits per heavy atom. The summed E-state index contributed by atoms with van der Waals surface area (Å²) < 4.78 is 0. The Labute approximate surface area is 122 Å². The summed E-state index contributed by atoms with van der Waals surface area (Å²) in [6, 6.07) is 8.15. The van der Waals surface area contributed by atoms with Crippen LogP contribution in [0.15, 0.2) is 30.5 Å². The topological polar surface area (TPSA) is 29.0 Å². The highest BCUT2D eigenvalue weighted by Gasteiger charge is 2.23. The van der Waals surface area contributed by atoms with Gasteiger partial charge in [-0.3, -0.25) is 0 Å². The molecule has 1 saturated heterocycles. The molecule has 0 aliphatic carbocycles. The quantitative estimate of drug-likeness (QED) is 0.791. The average molecular weight is 320 g/mol. The van der Waals surface area contributed by atoms with E-state index in [1.165, 1.54) is 12.8 Å². The Kier molecular flexibility index (Phi) is 3.69. The Balaban J connectivity index is 1.78. The van der Waals surface area contributed by atoms with Gasteiger partial charge >= 0.3 is 0 Å². The minimum atomic E-state index is 0.604. The minimum Gasteiger partial charge on any atom is -0.341 e. The maximum atomic E-state index is 4.67. The Morgan fingerprint density at radius 1 is 1.26 bits per heavy atom. The molecule has 2 heterocycles. The molecule has 1 aliphatic rings. The second kappa shape index (κ2) is 5.45. The van der Waals surface area contributed by atoms with Crippen LogP contribution in [0.3, 0.4) is 0 Å².